The molecule has 1 heterocycles. The number of nitrogens with one attached hydrogen (secondary N) is 1. The highest BCUT2D eigenvalue weighted by molar-refractivity contribution is 14.0. The predicted molar refractivity (Wildman–Crippen MR) is 129 cm³/mol. The second-order valence-electron chi connectivity index (χ2n) is 7.71. The number of rotatable bonds is 4. The van der Waals surface area contributed by atoms with E-state index in [0.29, 0.717) is 12.5 Å². The fourth-order valence-electron chi connectivity index (χ4n) is 4.05. The van der Waals surface area contributed by atoms with E-state index in [2.05, 4.69) is 28.5 Å². The molecule has 6 heteroatoms. The molecule has 0 spiro atoms. The fraction of sp³-hybridized carbons (Fsp3) is 0.391. The van der Waals surface area contributed by atoms with Crippen molar-refractivity contribution in [3.63, 3.8) is 0 Å². The van der Waals surface area contributed by atoms with Crippen molar-refractivity contribution in [3.05, 3.63) is 64.7 Å². The average Bonchev–Trinajstić information content (AvgIpc) is 3.21. The van der Waals surface area contributed by atoms with Gasteiger partial charge in [0.1, 0.15) is 0 Å². The lowest BCUT2D eigenvalue weighted by atomic mass is 10.1. The summed E-state index contributed by atoms with van der Waals surface area (Å²) in [5.41, 5.74) is 11.7. The van der Waals surface area contributed by atoms with Crippen molar-refractivity contribution in [1.82, 2.24) is 4.90 Å². The first-order valence-electron chi connectivity index (χ1n) is 10.3. The molecule has 0 unspecified atom stereocenters. The number of aliphatic imine (C=N–C) groups is 1. The number of amides is 1. The first-order chi connectivity index (χ1) is 13.7. The molecule has 2 aromatic rings. The van der Waals surface area contributed by atoms with E-state index in [-0.39, 0.29) is 29.9 Å². The third-order valence-corrected chi connectivity index (χ3v) is 5.65. The normalized spacial score (nSPS) is 16.1. The van der Waals surface area contributed by atoms with E-state index in [1.165, 1.54) is 30.4 Å². The number of carbonyl (C=O) groups excluding carboxylic acids is 1. The highest BCUT2D eigenvalue weighted by Crippen LogP contribution is 2.24. The van der Waals surface area contributed by atoms with Crippen molar-refractivity contribution >= 4 is 41.5 Å². The number of halogens is 1. The summed E-state index contributed by atoms with van der Waals surface area (Å²) in [6.07, 6.45) is 6.99. The van der Waals surface area contributed by atoms with Crippen molar-refractivity contribution in [2.24, 2.45) is 10.7 Å². The zero-order valence-corrected chi connectivity index (χ0v) is 19.0. The van der Waals surface area contributed by atoms with E-state index < -0.39 is 0 Å². The van der Waals surface area contributed by atoms with E-state index in [1.54, 1.807) is 0 Å². The van der Waals surface area contributed by atoms with Crippen LogP contribution in [0.4, 0.5) is 5.69 Å². The summed E-state index contributed by atoms with van der Waals surface area (Å²) < 4.78 is 0. The molecular formula is C23H29IN4O. The first kappa shape index (κ1) is 21.6. The van der Waals surface area contributed by atoms with Gasteiger partial charge in [-0.3, -0.25) is 4.79 Å². The molecule has 4 rings (SSSR count). The zero-order valence-electron chi connectivity index (χ0n) is 16.7. The Balaban J connectivity index is 0.00000240. The third kappa shape index (κ3) is 5.50. The molecule has 2 aliphatic rings. The molecule has 1 fully saturated rings. The number of fused-ring (bicyclic) bond motifs is 1. The van der Waals surface area contributed by atoms with E-state index in [4.69, 9.17) is 5.73 Å². The molecule has 1 aliphatic heterocycles. The number of benzene rings is 2. The highest BCUT2D eigenvalue weighted by atomic mass is 127. The second kappa shape index (κ2) is 10.1. The fourth-order valence-corrected chi connectivity index (χ4v) is 4.05. The minimum Gasteiger partial charge on any atom is -0.370 e. The Morgan fingerprint density at radius 1 is 0.966 bits per heavy atom. The molecule has 5 nitrogen and oxygen atoms in total. The lowest BCUT2D eigenvalue weighted by molar-refractivity contribution is 0.0724. The van der Waals surface area contributed by atoms with E-state index in [9.17, 15) is 4.79 Å². The predicted octanol–water partition coefficient (Wildman–Crippen LogP) is 4.35. The van der Waals surface area contributed by atoms with Crippen LogP contribution in [0.2, 0.25) is 0 Å². The number of nitrogens with two attached hydrogens (primary N) is 1. The van der Waals surface area contributed by atoms with Gasteiger partial charge in [0.05, 0.1) is 6.54 Å². The van der Waals surface area contributed by atoms with Crippen molar-refractivity contribution in [1.29, 1.82) is 0 Å². The second-order valence-corrected chi connectivity index (χ2v) is 7.71. The summed E-state index contributed by atoms with van der Waals surface area (Å²) in [4.78, 5) is 18.9. The molecule has 154 valence electrons. The van der Waals surface area contributed by atoms with Gasteiger partial charge in [-0.1, -0.05) is 18.2 Å². The van der Waals surface area contributed by atoms with Gasteiger partial charge >= 0.3 is 0 Å². The van der Waals surface area contributed by atoms with Crippen molar-refractivity contribution in [2.45, 2.75) is 45.1 Å². The number of hydrogen-bond acceptors (Lipinski definition) is 2. The lowest BCUT2D eigenvalue weighted by Gasteiger charge is -2.26. The molecule has 0 aromatic heterocycles. The lowest BCUT2D eigenvalue weighted by Crippen LogP contribution is -2.35. The van der Waals surface area contributed by atoms with Crippen LogP contribution in [0, 0.1) is 0 Å². The van der Waals surface area contributed by atoms with Gasteiger partial charge in [-0.05, 0) is 79.5 Å². The number of anilines is 1. The minimum atomic E-state index is 0. The van der Waals surface area contributed by atoms with Gasteiger partial charge in [0.15, 0.2) is 5.96 Å². The van der Waals surface area contributed by atoms with E-state index in [0.717, 1.165) is 49.2 Å². The number of aryl methyl sites for hydroxylation is 2. The molecule has 1 amide bonds. The largest absolute Gasteiger partial charge is 0.370 e. The summed E-state index contributed by atoms with van der Waals surface area (Å²) >= 11 is 0. The van der Waals surface area contributed by atoms with Crippen LogP contribution < -0.4 is 11.1 Å². The molecule has 0 atom stereocenters. The third-order valence-electron chi connectivity index (χ3n) is 5.65. The van der Waals surface area contributed by atoms with Crippen LogP contribution in [0.3, 0.4) is 0 Å². The Labute approximate surface area is 189 Å². The molecule has 0 saturated carbocycles. The summed E-state index contributed by atoms with van der Waals surface area (Å²) in [6, 6.07) is 14.1. The van der Waals surface area contributed by atoms with Crippen molar-refractivity contribution in [2.75, 3.05) is 18.4 Å². The highest BCUT2D eigenvalue weighted by Gasteiger charge is 2.17. The Morgan fingerprint density at radius 3 is 2.45 bits per heavy atom. The Bertz CT molecular complexity index is 873. The SMILES string of the molecule is I.NC(=NCc1ccc(C(=O)N2CCCCC2)cc1)Nc1ccc2c(c1)CCC2. The van der Waals surface area contributed by atoms with Gasteiger partial charge in [-0.2, -0.15) is 0 Å². The van der Waals surface area contributed by atoms with Crippen LogP contribution >= 0.6 is 24.0 Å². The Morgan fingerprint density at radius 2 is 1.69 bits per heavy atom. The minimum absolute atomic E-state index is 0. The smallest absolute Gasteiger partial charge is 0.253 e. The maximum absolute atomic E-state index is 12.5. The molecule has 3 N–H and O–H groups in total. The van der Waals surface area contributed by atoms with Crippen molar-refractivity contribution in [3.8, 4) is 0 Å². The molecule has 2 aromatic carbocycles. The molecule has 0 bridgehead atoms. The van der Waals surface area contributed by atoms with Crippen LogP contribution in [0.5, 0.6) is 0 Å². The van der Waals surface area contributed by atoms with Crippen LogP contribution in [0.25, 0.3) is 0 Å². The zero-order chi connectivity index (χ0) is 19.3. The van der Waals surface area contributed by atoms with E-state index >= 15 is 0 Å². The maximum atomic E-state index is 12.5. The summed E-state index contributed by atoms with van der Waals surface area (Å²) in [6.45, 7) is 2.23. The molecule has 1 saturated heterocycles. The number of guanidine groups is 1. The molecule has 1 aliphatic carbocycles. The van der Waals surface area contributed by atoms with Gasteiger partial charge in [0, 0.05) is 24.3 Å². The summed E-state index contributed by atoms with van der Waals surface area (Å²) in [5.74, 6) is 0.541. The number of hydrogen-bond donors (Lipinski definition) is 2. The number of carbonyl (C=O) groups is 1. The Kier molecular flexibility index (Phi) is 7.52. The van der Waals surface area contributed by atoms with E-state index in [1.807, 2.05) is 29.2 Å². The number of likely N-dealkylation sites (tertiary alicyclic amines) is 1. The average molecular weight is 504 g/mol. The van der Waals surface area contributed by atoms with Gasteiger partial charge in [0.2, 0.25) is 0 Å². The Hall–Kier alpha value is -2.09. The summed E-state index contributed by atoms with van der Waals surface area (Å²) in [5, 5.41) is 3.18. The quantitative estimate of drug-likeness (QED) is 0.370. The standard InChI is InChI=1S/C23H28N4O.HI/c24-23(26-21-12-11-18-5-4-6-20(18)15-21)25-16-17-7-9-19(10-8-17)22(28)27-13-2-1-3-14-27;/h7-12,15H,1-6,13-14,16H2,(H3,24,25,26);1H. The van der Waals surface area contributed by atoms with Gasteiger partial charge in [-0.15, -0.1) is 24.0 Å². The van der Waals surface area contributed by atoms with Crippen molar-refractivity contribution < 1.29 is 4.79 Å². The van der Waals surface area contributed by atoms with Crippen LogP contribution in [-0.4, -0.2) is 29.9 Å². The molecule has 0 radical (unpaired) electrons. The molecule has 29 heavy (non-hydrogen) atoms. The summed E-state index contributed by atoms with van der Waals surface area (Å²) in [7, 11) is 0. The number of nitrogens with zero attached hydrogens (tertiary/aromatic N) is 2. The maximum Gasteiger partial charge on any atom is 0.253 e. The van der Waals surface area contributed by atoms with Crippen LogP contribution in [-0.2, 0) is 19.4 Å². The topological polar surface area (TPSA) is 70.7 Å². The number of piperidine rings is 1. The van der Waals surface area contributed by atoms with Gasteiger partial charge < -0.3 is 16.0 Å². The monoisotopic (exact) mass is 504 g/mol. The molecular weight excluding hydrogens is 475 g/mol. The van der Waals surface area contributed by atoms with Gasteiger partial charge in [-0.25, -0.2) is 4.99 Å². The van der Waals surface area contributed by atoms with Crippen LogP contribution in [0.1, 0.15) is 52.7 Å². The first-order valence-corrected chi connectivity index (χ1v) is 10.3. The van der Waals surface area contributed by atoms with Gasteiger partial charge in [0.25, 0.3) is 5.91 Å². The van der Waals surface area contributed by atoms with Crippen LogP contribution in [0.15, 0.2) is 47.5 Å².